The van der Waals surface area contributed by atoms with Crippen LogP contribution in [-0.2, 0) is 6.42 Å². The first-order valence-corrected chi connectivity index (χ1v) is 8.38. The van der Waals surface area contributed by atoms with Gasteiger partial charge in [0.05, 0.1) is 15.7 Å². The van der Waals surface area contributed by atoms with Crippen molar-refractivity contribution in [3.05, 3.63) is 74.4 Å². The van der Waals surface area contributed by atoms with E-state index in [0.717, 1.165) is 5.56 Å². The maximum Gasteiger partial charge on any atom is 0.254 e. The molecule has 0 bridgehead atoms. The Bertz CT molecular complexity index is 931. The molecule has 0 unspecified atom stereocenters. The molecule has 25 heavy (non-hydrogen) atoms. The maximum absolute atomic E-state index is 11.9. The van der Waals surface area contributed by atoms with Crippen molar-refractivity contribution in [2.75, 3.05) is 5.73 Å². The highest BCUT2D eigenvalue weighted by molar-refractivity contribution is 6.40. The first-order chi connectivity index (χ1) is 11.9. The second-order valence-electron chi connectivity index (χ2n) is 5.36. The molecule has 0 radical (unpaired) electrons. The van der Waals surface area contributed by atoms with Gasteiger partial charge in [0.25, 0.3) is 5.91 Å². The highest BCUT2D eigenvalue weighted by Gasteiger charge is 2.23. The highest BCUT2D eigenvalue weighted by Crippen LogP contribution is 2.34. The molecule has 1 amide bonds. The van der Waals surface area contributed by atoms with Crippen LogP contribution in [0.2, 0.25) is 15.1 Å². The Balaban J connectivity index is 2.17. The summed E-state index contributed by atoms with van der Waals surface area (Å²) in [6, 6.07) is 12.6. The van der Waals surface area contributed by atoms with E-state index in [-0.39, 0.29) is 21.4 Å². The van der Waals surface area contributed by atoms with Gasteiger partial charge in [0, 0.05) is 11.4 Å². The van der Waals surface area contributed by atoms with Crippen molar-refractivity contribution < 1.29 is 4.79 Å². The molecule has 1 aromatic heterocycles. The van der Waals surface area contributed by atoms with Crippen molar-refractivity contribution in [3.63, 3.8) is 0 Å². The van der Waals surface area contributed by atoms with E-state index >= 15 is 0 Å². The average Bonchev–Trinajstić information content (AvgIpc) is 2.83. The monoisotopic (exact) mass is 394 g/mol. The fourth-order valence-corrected chi connectivity index (χ4v) is 3.54. The number of nitrogen functional groups attached to an aromatic ring is 1. The number of rotatable bonds is 4. The number of anilines is 1. The number of nitrogens with two attached hydrogens (primary N) is 2. The van der Waals surface area contributed by atoms with E-state index in [1.165, 1.54) is 16.8 Å². The Kier molecular flexibility index (Phi) is 4.90. The number of hydrogen-bond donors (Lipinski definition) is 2. The first kappa shape index (κ1) is 17.6. The Morgan fingerprint density at radius 1 is 1.08 bits per heavy atom. The zero-order valence-electron chi connectivity index (χ0n) is 12.8. The molecule has 4 N–H and O–H groups in total. The third-order valence-corrected chi connectivity index (χ3v) is 4.44. The molecule has 1 heterocycles. The summed E-state index contributed by atoms with van der Waals surface area (Å²) in [5.41, 5.74) is 13.5. The number of hydrogen-bond acceptors (Lipinski definition) is 3. The molecule has 5 nitrogen and oxygen atoms in total. The molecule has 3 aromatic rings. The van der Waals surface area contributed by atoms with Gasteiger partial charge in [-0.1, -0.05) is 65.1 Å². The quantitative estimate of drug-likeness (QED) is 0.697. The standard InChI is InChI=1S/C17H13Cl3N4O/c18-10-7-11(19)15(12(20)8-10)24-16(21)14(17(22)25)13(23-24)6-9-4-2-1-3-5-9/h1-5,7-8H,6,21H2,(H2,22,25). The molecule has 2 aromatic carbocycles. The highest BCUT2D eigenvalue weighted by atomic mass is 35.5. The molecule has 8 heteroatoms. The number of carbonyl (C=O) groups is 1. The summed E-state index contributed by atoms with van der Waals surface area (Å²) in [5, 5.41) is 5.32. The van der Waals surface area contributed by atoms with Gasteiger partial charge >= 0.3 is 0 Å². The van der Waals surface area contributed by atoms with E-state index in [1.807, 2.05) is 30.3 Å². The molecule has 128 valence electrons. The second kappa shape index (κ2) is 6.96. The van der Waals surface area contributed by atoms with Crippen LogP contribution in [0, 0.1) is 0 Å². The fourth-order valence-electron chi connectivity index (χ4n) is 2.57. The minimum Gasteiger partial charge on any atom is -0.383 e. The summed E-state index contributed by atoms with van der Waals surface area (Å²) in [6.07, 6.45) is 0.388. The van der Waals surface area contributed by atoms with E-state index < -0.39 is 5.91 Å². The van der Waals surface area contributed by atoms with Gasteiger partial charge in [-0.2, -0.15) is 5.10 Å². The Hall–Kier alpha value is -2.21. The van der Waals surface area contributed by atoms with Crippen molar-refractivity contribution in [2.45, 2.75) is 6.42 Å². The molecule has 0 spiro atoms. The molecule has 0 fully saturated rings. The minimum absolute atomic E-state index is 0.0737. The zero-order valence-corrected chi connectivity index (χ0v) is 15.1. The normalized spacial score (nSPS) is 10.8. The van der Waals surface area contributed by atoms with Crippen molar-refractivity contribution in [1.82, 2.24) is 9.78 Å². The molecule has 0 aliphatic rings. The first-order valence-electron chi connectivity index (χ1n) is 7.24. The Morgan fingerprint density at radius 2 is 1.68 bits per heavy atom. The van der Waals surface area contributed by atoms with Crippen LogP contribution in [0.4, 0.5) is 5.82 Å². The summed E-state index contributed by atoms with van der Waals surface area (Å²) < 4.78 is 1.32. The van der Waals surface area contributed by atoms with Gasteiger partial charge in [0.1, 0.15) is 17.1 Å². The summed E-state index contributed by atoms with van der Waals surface area (Å²) in [7, 11) is 0. The predicted octanol–water partition coefficient (Wildman–Crippen LogP) is 4.10. The molecular weight excluding hydrogens is 383 g/mol. The summed E-state index contributed by atoms with van der Waals surface area (Å²) in [5.74, 6) is -0.597. The number of aromatic nitrogens is 2. The van der Waals surface area contributed by atoms with Gasteiger partial charge < -0.3 is 11.5 Å². The molecular formula is C17H13Cl3N4O. The van der Waals surface area contributed by atoms with E-state index in [4.69, 9.17) is 46.3 Å². The number of carbonyl (C=O) groups excluding carboxylic acids is 1. The Labute approximate surface area is 159 Å². The molecule has 3 rings (SSSR count). The van der Waals surface area contributed by atoms with Crippen LogP contribution < -0.4 is 11.5 Å². The number of amides is 1. The third-order valence-electron chi connectivity index (χ3n) is 3.65. The lowest BCUT2D eigenvalue weighted by Crippen LogP contribution is -2.15. The number of benzene rings is 2. The van der Waals surface area contributed by atoms with Gasteiger partial charge in [-0.15, -0.1) is 0 Å². The average molecular weight is 396 g/mol. The van der Waals surface area contributed by atoms with Gasteiger partial charge in [-0.25, -0.2) is 4.68 Å². The summed E-state index contributed by atoms with van der Waals surface area (Å²) >= 11 is 18.4. The van der Waals surface area contributed by atoms with E-state index in [9.17, 15) is 4.79 Å². The van der Waals surface area contributed by atoms with Crippen molar-refractivity contribution in [3.8, 4) is 5.69 Å². The van der Waals surface area contributed by atoms with Crippen molar-refractivity contribution in [2.24, 2.45) is 5.73 Å². The predicted molar refractivity (Wildman–Crippen MR) is 101 cm³/mol. The van der Waals surface area contributed by atoms with Crippen molar-refractivity contribution in [1.29, 1.82) is 0 Å². The van der Waals surface area contributed by atoms with E-state index in [0.29, 0.717) is 22.8 Å². The lowest BCUT2D eigenvalue weighted by molar-refractivity contribution is 0.100. The smallest absolute Gasteiger partial charge is 0.254 e. The number of primary amides is 1. The van der Waals surface area contributed by atoms with Crippen LogP contribution in [-0.4, -0.2) is 15.7 Å². The minimum atomic E-state index is -0.670. The summed E-state index contributed by atoms with van der Waals surface area (Å²) in [6.45, 7) is 0. The van der Waals surface area contributed by atoms with E-state index in [2.05, 4.69) is 5.10 Å². The van der Waals surface area contributed by atoms with Crippen LogP contribution in [0.1, 0.15) is 21.6 Å². The number of nitrogens with zero attached hydrogens (tertiary/aromatic N) is 2. The SMILES string of the molecule is NC(=O)c1c(Cc2ccccc2)nn(-c2c(Cl)cc(Cl)cc2Cl)c1N. The largest absolute Gasteiger partial charge is 0.383 e. The molecule has 0 aliphatic carbocycles. The van der Waals surface area contributed by atoms with Crippen LogP contribution >= 0.6 is 34.8 Å². The van der Waals surface area contributed by atoms with Crippen LogP contribution in [0.3, 0.4) is 0 Å². The van der Waals surface area contributed by atoms with Gasteiger partial charge in [-0.05, 0) is 17.7 Å². The van der Waals surface area contributed by atoms with Crippen LogP contribution in [0.15, 0.2) is 42.5 Å². The summed E-state index contributed by atoms with van der Waals surface area (Å²) in [4.78, 5) is 11.9. The lowest BCUT2D eigenvalue weighted by Gasteiger charge is -2.09. The van der Waals surface area contributed by atoms with Crippen LogP contribution in [0.5, 0.6) is 0 Å². The fraction of sp³-hybridized carbons (Fsp3) is 0.0588. The third kappa shape index (κ3) is 3.44. The zero-order chi connectivity index (χ0) is 18.1. The number of halogens is 3. The van der Waals surface area contributed by atoms with Gasteiger partial charge in [0.2, 0.25) is 0 Å². The molecule has 0 aliphatic heterocycles. The van der Waals surface area contributed by atoms with Crippen LogP contribution in [0.25, 0.3) is 5.69 Å². The molecule has 0 atom stereocenters. The van der Waals surface area contributed by atoms with E-state index in [1.54, 1.807) is 0 Å². The maximum atomic E-state index is 11.9. The lowest BCUT2D eigenvalue weighted by atomic mass is 10.1. The molecule has 0 saturated heterocycles. The Morgan fingerprint density at radius 3 is 2.24 bits per heavy atom. The van der Waals surface area contributed by atoms with Crippen molar-refractivity contribution >= 4 is 46.5 Å². The molecule has 0 saturated carbocycles. The second-order valence-corrected chi connectivity index (χ2v) is 6.61. The topological polar surface area (TPSA) is 86.9 Å². The van der Waals surface area contributed by atoms with Gasteiger partial charge in [-0.3, -0.25) is 4.79 Å². The van der Waals surface area contributed by atoms with Gasteiger partial charge in [0.15, 0.2) is 0 Å².